The molecule has 2 aliphatic rings. The second kappa shape index (κ2) is 5.66. The molecule has 3 rings (SSSR count). The fourth-order valence-electron chi connectivity index (χ4n) is 2.71. The van der Waals surface area contributed by atoms with Crippen LogP contribution in [0.15, 0.2) is 18.3 Å². The molecule has 1 saturated heterocycles. The zero-order valence-corrected chi connectivity index (χ0v) is 15.1. The fraction of sp³-hybridized carbons (Fsp3) is 0.500. The van der Waals surface area contributed by atoms with E-state index in [4.69, 9.17) is 46.4 Å². The lowest BCUT2D eigenvalue weighted by Crippen LogP contribution is -2.47. The SMILES string of the molecule is CN(C(=O)C1(Cl)CC1(Cl)Cl)C1CCN(c2cc(Cl)ccn2)C1=O. The third-order valence-electron chi connectivity index (χ3n) is 4.21. The van der Waals surface area contributed by atoms with Crippen LogP contribution >= 0.6 is 46.4 Å². The Morgan fingerprint density at radius 1 is 1.43 bits per heavy atom. The van der Waals surface area contributed by atoms with Crippen LogP contribution in [0.25, 0.3) is 0 Å². The summed E-state index contributed by atoms with van der Waals surface area (Å²) >= 11 is 24.0. The number of halogens is 4. The van der Waals surface area contributed by atoms with Gasteiger partial charge in [0.2, 0.25) is 5.91 Å². The molecule has 2 heterocycles. The lowest BCUT2D eigenvalue weighted by Gasteiger charge is -2.26. The Morgan fingerprint density at radius 2 is 2.09 bits per heavy atom. The van der Waals surface area contributed by atoms with Crippen molar-refractivity contribution in [2.75, 3.05) is 18.5 Å². The molecule has 0 aromatic carbocycles. The van der Waals surface area contributed by atoms with Gasteiger partial charge in [-0.05, 0) is 18.6 Å². The van der Waals surface area contributed by atoms with Crippen molar-refractivity contribution in [3.63, 3.8) is 0 Å². The maximum absolute atomic E-state index is 12.6. The van der Waals surface area contributed by atoms with E-state index in [0.717, 1.165) is 0 Å². The van der Waals surface area contributed by atoms with Crippen LogP contribution in [0.4, 0.5) is 5.82 Å². The number of aromatic nitrogens is 1. The number of carbonyl (C=O) groups excluding carboxylic acids is 2. The summed E-state index contributed by atoms with van der Waals surface area (Å²) in [6.45, 7) is 0.441. The third-order valence-corrected chi connectivity index (χ3v) is 6.17. The first-order valence-electron chi connectivity index (χ1n) is 6.94. The predicted molar refractivity (Wildman–Crippen MR) is 90.4 cm³/mol. The molecule has 2 amide bonds. The molecule has 1 aliphatic heterocycles. The van der Waals surface area contributed by atoms with Crippen molar-refractivity contribution >= 4 is 64.0 Å². The van der Waals surface area contributed by atoms with Gasteiger partial charge in [-0.2, -0.15) is 0 Å². The highest BCUT2D eigenvalue weighted by atomic mass is 35.5. The highest BCUT2D eigenvalue weighted by Crippen LogP contribution is 2.62. The Kier molecular flexibility index (Phi) is 4.20. The van der Waals surface area contributed by atoms with Gasteiger partial charge in [0.05, 0.1) is 0 Å². The monoisotopic (exact) mass is 395 g/mol. The topological polar surface area (TPSA) is 53.5 Å². The summed E-state index contributed by atoms with van der Waals surface area (Å²) in [5.74, 6) is -0.211. The molecule has 2 atom stereocenters. The van der Waals surface area contributed by atoms with E-state index in [1.807, 2.05) is 0 Å². The Balaban J connectivity index is 1.76. The van der Waals surface area contributed by atoms with Gasteiger partial charge in [0.25, 0.3) is 5.91 Å². The number of carbonyl (C=O) groups is 2. The number of hydrogen-bond donors (Lipinski definition) is 0. The highest BCUT2D eigenvalue weighted by molar-refractivity contribution is 6.62. The van der Waals surface area contributed by atoms with Crippen LogP contribution in [0, 0.1) is 0 Å². The molecular formula is C14H13Cl4N3O2. The van der Waals surface area contributed by atoms with Gasteiger partial charge < -0.3 is 4.90 Å². The first kappa shape index (κ1) is 17.1. The number of rotatable bonds is 3. The summed E-state index contributed by atoms with van der Waals surface area (Å²) in [6.07, 6.45) is 2.16. The number of nitrogens with zero attached hydrogens (tertiary/aromatic N) is 3. The van der Waals surface area contributed by atoms with Crippen molar-refractivity contribution in [1.82, 2.24) is 9.88 Å². The number of hydrogen-bond acceptors (Lipinski definition) is 3. The normalized spacial score (nSPS) is 28.8. The number of anilines is 1. The zero-order valence-electron chi connectivity index (χ0n) is 12.1. The number of pyridine rings is 1. The number of amides is 2. The van der Waals surface area contributed by atoms with E-state index in [1.54, 1.807) is 12.1 Å². The molecule has 1 aromatic rings. The molecule has 9 heteroatoms. The van der Waals surface area contributed by atoms with Crippen molar-refractivity contribution in [3.8, 4) is 0 Å². The Hall–Kier alpha value is -0.750. The van der Waals surface area contributed by atoms with Gasteiger partial charge in [-0.3, -0.25) is 14.5 Å². The van der Waals surface area contributed by atoms with Crippen LogP contribution < -0.4 is 4.90 Å². The van der Waals surface area contributed by atoms with E-state index >= 15 is 0 Å². The van der Waals surface area contributed by atoms with E-state index in [9.17, 15) is 9.59 Å². The fourth-order valence-corrected chi connectivity index (χ4v) is 3.89. The van der Waals surface area contributed by atoms with E-state index in [0.29, 0.717) is 23.8 Å². The smallest absolute Gasteiger partial charge is 0.251 e. The van der Waals surface area contributed by atoms with Crippen LogP contribution in [-0.2, 0) is 9.59 Å². The van der Waals surface area contributed by atoms with E-state index in [1.165, 1.54) is 23.0 Å². The lowest BCUT2D eigenvalue weighted by atomic mass is 10.2. The van der Waals surface area contributed by atoms with Crippen molar-refractivity contribution in [2.24, 2.45) is 0 Å². The number of likely N-dealkylation sites (N-methyl/N-ethyl adjacent to an activating group) is 1. The molecule has 2 unspecified atom stereocenters. The molecule has 1 saturated carbocycles. The minimum Gasteiger partial charge on any atom is -0.332 e. The van der Waals surface area contributed by atoms with Crippen LogP contribution in [-0.4, -0.2) is 50.5 Å². The van der Waals surface area contributed by atoms with Crippen LogP contribution in [0.5, 0.6) is 0 Å². The van der Waals surface area contributed by atoms with Crippen molar-refractivity contribution in [1.29, 1.82) is 0 Å². The zero-order chi connectivity index (χ0) is 17.0. The molecule has 23 heavy (non-hydrogen) atoms. The second-order valence-electron chi connectivity index (χ2n) is 5.73. The summed E-state index contributed by atoms with van der Waals surface area (Å²) in [5.41, 5.74) is 0. The quantitative estimate of drug-likeness (QED) is 0.738. The van der Waals surface area contributed by atoms with Gasteiger partial charge in [0.1, 0.15) is 16.2 Å². The van der Waals surface area contributed by atoms with Gasteiger partial charge >= 0.3 is 0 Å². The van der Waals surface area contributed by atoms with Crippen LogP contribution in [0.2, 0.25) is 5.02 Å². The van der Waals surface area contributed by atoms with Gasteiger partial charge in [-0.1, -0.05) is 34.8 Å². The van der Waals surface area contributed by atoms with Gasteiger partial charge in [0.15, 0.2) is 4.87 Å². The highest BCUT2D eigenvalue weighted by Gasteiger charge is 2.72. The van der Waals surface area contributed by atoms with Gasteiger partial charge in [-0.15, -0.1) is 11.6 Å². The molecular weight excluding hydrogens is 384 g/mol. The largest absolute Gasteiger partial charge is 0.332 e. The van der Waals surface area contributed by atoms with Crippen LogP contribution in [0.1, 0.15) is 12.8 Å². The molecule has 0 N–H and O–H groups in total. The van der Waals surface area contributed by atoms with Crippen LogP contribution in [0.3, 0.4) is 0 Å². The average Bonchev–Trinajstić information content (AvgIpc) is 2.81. The van der Waals surface area contributed by atoms with Crippen molar-refractivity contribution in [3.05, 3.63) is 23.4 Å². The molecule has 1 aromatic heterocycles. The molecule has 124 valence electrons. The van der Waals surface area contributed by atoms with E-state index in [-0.39, 0.29) is 12.3 Å². The first-order valence-corrected chi connectivity index (χ1v) is 8.45. The molecule has 2 fully saturated rings. The Bertz CT molecular complexity index is 684. The number of alkyl halides is 3. The van der Waals surface area contributed by atoms with Crippen molar-refractivity contribution < 1.29 is 9.59 Å². The summed E-state index contributed by atoms with van der Waals surface area (Å²) in [4.78, 5) is 30.7. The summed E-state index contributed by atoms with van der Waals surface area (Å²) in [7, 11) is 1.53. The predicted octanol–water partition coefficient (Wildman–Crippen LogP) is 2.85. The molecule has 5 nitrogen and oxygen atoms in total. The summed E-state index contributed by atoms with van der Waals surface area (Å²) in [5, 5.41) is 0.488. The van der Waals surface area contributed by atoms with Gasteiger partial charge in [-0.25, -0.2) is 4.98 Å². The maximum Gasteiger partial charge on any atom is 0.251 e. The summed E-state index contributed by atoms with van der Waals surface area (Å²) in [6, 6.07) is 2.61. The van der Waals surface area contributed by atoms with E-state index < -0.39 is 21.2 Å². The average molecular weight is 397 g/mol. The summed E-state index contributed by atoms with van der Waals surface area (Å²) < 4.78 is -1.28. The van der Waals surface area contributed by atoms with E-state index in [2.05, 4.69) is 4.98 Å². The second-order valence-corrected chi connectivity index (χ2v) is 8.29. The standard InChI is InChI=1S/C14H13Cl4N3O2/c1-20(12(23)13(16)7-14(13,17)18)9-3-5-21(11(9)22)10-6-8(15)2-4-19-10/h2,4,6,9H,3,5,7H2,1H3. The minimum absolute atomic E-state index is 0.161. The third kappa shape index (κ3) is 2.78. The lowest BCUT2D eigenvalue weighted by molar-refractivity contribution is -0.137. The Morgan fingerprint density at radius 3 is 2.65 bits per heavy atom. The first-order chi connectivity index (χ1) is 10.7. The van der Waals surface area contributed by atoms with Gasteiger partial charge in [0, 0.05) is 31.2 Å². The Labute approximate surface area is 153 Å². The molecule has 0 spiro atoms. The molecule has 0 radical (unpaired) electrons. The van der Waals surface area contributed by atoms with Crippen molar-refractivity contribution in [2.45, 2.75) is 28.1 Å². The maximum atomic E-state index is 12.6. The minimum atomic E-state index is -1.35. The molecule has 0 bridgehead atoms. The molecule has 1 aliphatic carbocycles.